The number of anilines is 1. The van der Waals surface area contributed by atoms with E-state index in [2.05, 4.69) is 63.8 Å². The van der Waals surface area contributed by atoms with Crippen molar-refractivity contribution >= 4 is 27.2 Å². The molecule has 25 heavy (non-hydrogen) atoms. The highest BCUT2D eigenvalue weighted by Crippen LogP contribution is 2.28. The number of hydrogen-bond donors (Lipinski definition) is 1. The Balaban J connectivity index is 1.51. The topological polar surface area (TPSA) is 39.3 Å². The summed E-state index contributed by atoms with van der Waals surface area (Å²) in [5, 5.41) is 0. The largest absolute Gasteiger partial charge is 0.369 e. The number of aromatic amines is 1. The van der Waals surface area contributed by atoms with Gasteiger partial charge in [-0.25, -0.2) is 0 Å². The number of aromatic nitrogens is 1. The van der Waals surface area contributed by atoms with Gasteiger partial charge < -0.3 is 9.88 Å². The third kappa shape index (κ3) is 3.25. The van der Waals surface area contributed by atoms with Crippen LogP contribution in [-0.2, 0) is 0 Å². The molecule has 1 aromatic heterocycles. The maximum absolute atomic E-state index is 11.5. The fourth-order valence-electron chi connectivity index (χ4n) is 3.54. The van der Waals surface area contributed by atoms with Gasteiger partial charge in [0.15, 0.2) is 0 Å². The van der Waals surface area contributed by atoms with E-state index in [1.807, 2.05) is 12.1 Å². The quantitative estimate of drug-likeness (QED) is 0.730. The van der Waals surface area contributed by atoms with Gasteiger partial charge in [-0.1, -0.05) is 41.7 Å². The Bertz CT molecular complexity index is 923. The highest BCUT2D eigenvalue weighted by atomic mass is 32.1. The summed E-state index contributed by atoms with van der Waals surface area (Å²) in [7, 11) is 0. The number of hydrogen-bond acceptors (Lipinski definition) is 4. The molecule has 0 bridgehead atoms. The molecule has 0 radical (unpaired) electrons. The zero-order chi connectivity index (χ0) is 17.2. The number of thiazole rings is 1. The Morgan fingerprint density at radius 3 is 2.56 bits per heavy atom. The van der Waals surface area contributed by atoms with Crippen molar-refractivity contribution in [2.24, 2.45) is 0 Å². The molecule has 0 aliphatic carbocycles. The van der Waals surface area contributed by atoms with Crippen molar-refractivity contribution in [3.63, 3.8) is 0 Å². The molecule has 1 N–H and O–H groups in total. The summed E-state index contributed by atoms with van der Waals surface area (Å²) < 4.78 is 1.01. The number of fused-ring (bicyclic) bond motifs is 1. The Kier molecular flexibility index (Phi) is 4.42. The molecule has 4 rings (SSSR count). The van der Waals surface area contributed by atoms with E-state index in [0.29, 0.717) is 0 Å². The fraction of sp³-hybridized carbons (Fsp3) is 0.250. The summed E-state index contributed by atoms with van der Waals surface area (Å²) in [6, 6.07) is 17.0. The molecule has 2 aromatic carbocycles. The highest BCUT2D eigenvalue weighted by Gasteiger charge is 2.23. The maximum Gasteiger partial charge on any atom is 0.305 e. The van der Waals surface area contributed by atoms with Crippen LogP contribution < -0.4 is 9.77 Å². The van der Waals surface area contributed by atoms with Gasteiger partial charge in [0, 0.05) is 31.9 Å². The SMILES string of the molecule is C=CC(c1ccc2[nH]c(=O)sc2c1)N1CCN(c2ccccc2)CC1. The Hall–Kier alpha value is -2.37. The second kappa shape index (κ2) is 6.86. The highest BCUT2D eigenvalue weighted by molar-refractivity contribution is 7.16. The molecule has 5 heteroatoms. The first kappa shape index (κ1) is 16.1. The minimum Gasteiger partial charge on any atom is -0.369 e. The van der Waals surface area contributed by atoms with Gasteiger partial charge in [0.2, 0.25) is 0 Å². The number of para-hydroxylation sites is 1. The standard InChI is InChI=1S/C20H21N3OS/c1-2-18(15-8-9-17-19(14-15)25-20(24)21-17)23-12-10-22(11-13-23)16-6-4-3-5-7-16/h2-9,14,18H,1,10-13H2,(H,21,24). The van der Waals surface area contributed by atoms with Crippen LogP contribution in [0.3, 0.4) is 0 Å². The van der Waals surface area contributed by atoms with Gasteiger partial charge in [-0.15, -0.1) is 6.58 Å². The summed E-state index contributed by atoms with van der Waals surface area (Å²) in [4.78, 5) is 19.3. The lowest BCUT2D eigenvalue weighted by molar-refractivity contribution is 0.218. The van der Waals surface area contributed by atoms with Crippen LogP contribution in [0, 0.1) is 0 Å². The van der Waals surface area contributed by atoms with Crippen molar-refractivity contribution in [3.8, 4) is 0 Å². The monoisotopic (exact) mass is 351 g/mol. The number of benzene rings is 2. The molecule has 1 saturated heterocycles. The van der Waals surface area contributed by atoms with Crippen LogP contribution in [0.1, 0.15) is 11.6 Å². The van der Waals surface area contributed by atoms with E-state index < -0.39 is 0 Å². The molecule has 0 saturated carbocycles. The van der Waals surface area contributed by atoms with Crippen LogP contribution >= 0.6 is 11.3 Å². The Morgan fingerprint density at radius 2 is 1.84 bits per heavy atom. The van der Waals surface area contributed by atoms with E-state index in [0.717, 1.165) is 36.4 Å². The van der Waals surface area contributed by atoms with Gasteiger partial charge in [-0.3, -0.25) is 9.69 Å². The van der Waals surface area contributed by atoms with Gasteiger partial charge in [0.1, 0.15) is 0 Å². The van der Waals surface area contributed by atoms with Gasteiger partial charge in [-0.05, 0) is 29.8 Å². The van der Waals surface area contributed by atoms with Crippen LogP contribution in [0.4, 0.5) is 5.69 Å². The van der Waals surface area contributed by atoms with Crippen LogP contribution in [0.5, 0.6) is 0 Å². The first-order chi connectivity index (χ1) is 12.2. The summed E-state index contributed by atoms with van der Waals surface area (Å²) in [6.45, 7) is 8.06. The third-order valence-corrected chi connectivity index (χ3v) is 5.68. The van der Waals surface area contributed by atoms with Gasteiger partial charge in [0.05, 0.1) is 16.3 Å². The van der Waals surface area contributed by atoms with Crippen LogP contribution in [-0.4, -0.2) is 36.1 Å². The lowest BCUT2D eigenvalue weighted by Crippen LogP contribution is -2.47. The lowest BCUT2D eigenvalue weighted by Gasteiger charge is -2.39. The second-order valence-electron chi connectivity index (χ2n) is 6.31. The van der Waals surface area contributed by atoms with Crippen molar-refractivity contribution in [1.29, 1.82) is 0 Å². The van der Waals surface area contributed by atoms with Crippen LogP contribution in [0.15, 0.2) is 66.0 Å². The van der Waals surface area contributed by atoms with E-state index >= 15 is 0 Å². The number of rotatable bonds is 4. The van der Waals surface area contributed by atoms with E-state index in [9.17, 15) is 4.79 Å². The molecule has 2 heterocycles. The van der Waals surface area contributed by atoms with Crippen molar-refractivity contribution in [2.75, 3.05) is 31.1 Å². The van der Waals surface area contributed by atoms with Crippen molar-refractivity contribution in [3.05, 3.63) is 76.4 Å². The minimum atomic E-state index is -0.00113. The van der Waals surface area contributed by atoms with Crippen molar-refractivity contribution < 1.29 is 0 Å². The Morgan fingerprint density at radius 1 is 1.08 bits per heavy atom. The number of piperazine rings is 1. The average molecular weight is 351 g/mol. The van der Waals surface area contributed by atoms with Crippen molar-refractivity contribution in [2.45, 2.75) is 6.04 Å². The van der Waals surface area contributed by atoms with E-state index in [1.54, 1.807) is 0 Å². The molecule has 1 unspecified atom stereocenters. The molecule has 0 amide bonds. The summed E-state index contributed by atoms with van der Waals surface area (Å²) in [5.74, 6) is 0. The number of nitrogens with one attached hydrogen (secondary N) is 1. The minimum absolute atomic E-state index is 0.00113. The summed E-state index contributed by atoms with van der Waals surface area (Å²) >= 11 is 1.27. The van der Waals surface area contributed by atoms with Crippen LogP contribution in [0.25, 0.3) is 10.2 Å². The van der Waals surface area contributed by atoms with E-state index in [1.165, 1.54) is 22.6 Å². The molecule has 1 aliphatic rings. The predicted octanol–water partition coefficient (Wildman–Crippen LogP) is 3.64. The van der Waals surface area contributed by atoms with Crippen LogP contribution in [0.2, 0.25) is 0 Å². The van der Waals surface area contributed by atoms with E-state index in [4.69, 9.17) is 0 Å². The first-order valence-corrected chi connectivity index (χ1v) is 9.35. The Labute approximate surface area is 151 Å². The average Bonchev–Trinajstić information content (AvgIpc) is 3.03. The molecule has 4 nitrogen and oxygen atoms in total. The smallest absolute Gasteiger partial charge is 0.305 e. The molecule has 0 spiro atoms. The molecule has 1 atom stereocenters. The number of H-pyrrole nitrogens is 1. The van der Waals surface area contributed by atoms with Crippen molar-refractivity contribution in [1.82, 2.24) is 9.88 Å². The zero-order valence-electron chi connectivity index (χ0n) is 14.0. The van der Waals surface area contributed by atoms with Gasteiger partial charge in [-0.2, -0.15) is 0 Å². The molecular formula is C20H21N3OS. The maximum atomic E-state index is 11.5. The number of nitrogens with zero attached hydrogens (tertiary/aromatic N) is 2. The third-order valence-electron chi connectivity index (χ3n) is 4.84. The van der Waals surface area contributed by atoms with Gasteiger partial charge >= 0.3 is 4.87 Å². The summed E-state index contributed by atoms with van der Waals surface area (Å²) in [6.07, 6.45) is 2.01. The zero-order valence-corrected chi connectivity index (χ0v) is 14.8. The molecule has 1 fully saturated rings. The molecular weight excluding hydrogens is 330 g/mol. The van der Waals surface area contributed by atoms with Gasteiger partial charge in [0.25, 0.3) is 0 Å². The predicted molar refractivity (Wildman–Crippen MR) is 106 cm³/mol. The fourth-order valence-corrected chi connectivity index (χ4v) is 4.32. The second-order valence-corrected chi connectivity index (χ2v) is 7.32. The molecule has 128 valence electrons. The lowest BCUT2D eigenvalue weighted by atomic mass is 10.0. The summed E-state index contributed by atoms with van der Waals surface area (Å²) in [5.41, 5.74) is 3.40. The normalized spacial score (nSPS) is 16.9. The van der Waals surface area contributed by atoms with E-state index in [-0.39, 0.29) is 10.9 Å². The molecule has 3 aromatic rings. The molecule has 1 aliphatic heterocycles. The first-order valence-electron chi connectivity index (χ1n) is 8.54.